The van der Waals surface area contributed by atoms with Crippen molar-refractivity contribution >= 4 is 29.2 Å². The second-order valence-electron chi connectivity index (χ2n) is 10.8. The third-order valence-electron chi connectivity index (χ3n) is 7.71. The number of hydrogen-bond acceptors (Lipinski definition) is 5. The summed E-state index contributed by atoms with van der Waals surface area (Å²) < 4.78 is 47.1. The number of nitrogens with one attached hydrogen (secondary N) is 2. The number of nitrogens with zero attached hydrogens (tertiary/aromatic N) is 3. The third kappa shape index (κ3) is 6.29. The van der Waals surface area contributed by atoms with E-state index in [1.165, 1.54) is 18.1 Å². The highest BCUT2D eigenvalue weighted by Crippen LogP contribution is 2.44. The molecule has 5 rings (SSSR count). The number of benzene rings is 3. The molecular formula is C34H32F3N5O4. The number of ether oxygens (including phenoxy) is 1. The number of rotatable bonds is 9. The highest BCUT2D eigenvalue weighted by atomic mass is 19.4. The van der Waals surface area contributed by atoms with Gasteiger partial charge in [-0.05, 0) is 61.9 Å². The van der Waals surface area contributed by atoms with Crippen molar-refractivity contribution in [2.24, 2.45) is 0 Å². The fourth-order valence-corrected chi connectivity index (χ4v) is 5.62. The molecule has 0 spiro atoms. The predicted molar refractivity (Wildman–Crippen MR) is 167 cm³/mol. The first-order chi connectivity index (χ1) is 21.9. The van der Waals surface area contributed by atoms with E-state index in [4.69, 9.17) is 9.84 Å². The first-order valence-corrected chi connectivity index (χ1v) is 14.5. The minimum Gasteiger partial charge on any atom is -0.380 e. The van der Waals surface area contributed by atoms with Crippen LogP contribution in [0.4, 0.5) is 24.7 Å². The van der Waals surface area contributed by atoms with Crippen LogP contribution in [0, 0.1) is 6.92 Å². The molecule has 3 amide bonds. The van der Waals surface area contributed by atoms with Gasteiger partial charge in [0.05, 0.1) is 23.6 Å². The SMILES string of the molecule is C=C(COC)C(=O)Nc1cccc([C@H]2c3c(C)nn(-c4ccccc4)c3N(CC)C(=O)[C@@H]2NC(=O)c2cccc(C(F)(F)F)c2)c1. The molecule has 1 aliphatic rings. The summed E-state index contributed by atoms with van der Waals surface area (Å²) in [6.07, 6.45) is -4.66. The van der Waals surface area contributed by atoms with Gasteiger partial charge in [0.25, 0.3) is 17.7 Å². The topological polar surface area (TPSA) is 106 Å². The van der Waals surface area contributed by atoms with Crippen molar-refractivity contribution in [2.75, 3.05) is 30.5 Å². The number of likely N-dealkylation sites (N-methyl/N-ethyl adjacent to an activating group) is 1. The van der Waals surface area contributed by atoms with Gasteiger partial charge in [-0.2, -0.15) is 18.3 Å². The zero-order chi connectivity index (χ0) is 33.2. The lowest BCUT2D eigenvalue weighted by Crippen LogP contribution is -2.55. The minimum atomic E-state index is -4.66. The lowest BCUT2D eigenvalue weighted by Gasteiger charge is -2.38. The van der Waals surface area contributed by atoms with Gasteiger partial charge in [-0.25, -0.2) is 4.68 Å². The molecule has 2 atom stereocenters. The molecule has 46 heavy (non-hydrogen) atoms. The van der Waals surface area contributed by atoms with Gasteiger partial charge in [-0.3, -0.25) is 19.3 Å². The average Bonchev–Trinajstić information content (AvgIpc) is 3.38. The number of carbonyl (C=O) groups excluding carboxylic acids is 3. The number of amides is 3. The van der Waals surface area contributed by atoms with Gasteiger partial charge in [-0.1, -0.05) is 43.0 Å². The van der Waals surface area contributed by atoms with Crippen molar-refractivity contribution < 1.29 is 32.3 Å². The van der Waals surface area contributed by atoms with Gasteiger partial charge >= 0.3 is 6.18 Å². The zero-order valence-corrected chi connectivity index (χ0v) is 25.4. The van der Waals surface area contributed by atoms with Crippen LogP contribution in [0.25, 0.3) is 5.69 Å². The van der Waals surface area contributed by atoms with Crippen molar-refractivity contribution in [1.29, 1.82) is 0 Å². The van der Waals surface area contributed by atoms with Crippen molar-refractivity contribution in [3.63, 3.8) is 0 Å². The third-order valence-corrected chi connectivity index (χ3v) is 7.71. The van der Waals surface area contributed by atoms with Crippen LogP contribution >= 0.6 is 0 Å². The molecule has 0 saturated carbocycles. The Bertz CT molecular complexity index is 1800. The smallest absolute Gasteiger partial charge is 0.380 e. The predicted octanol–water partition coefficient (Wildman–Crippen LogP) is 5.64. The summed E-state index contributed by atoms with van der Waals surface area (Å²) in [6, 6.07) is 18.9. The first-order valence-electron chi connectivity index (χ1n) is 14.5. The molecule has 0 aliphatic carbocycles. The van der Waals surface area contributed by atoms with Crippen LogP contribution in [-0.4, -0.2) is 53.8 Å². The van der Waals surface area contributed by atoms with Gasteiger partial charge < -0.3 is 15.4 Å². The number of fused-ring (bicyclic) bond motifs is 1. The number of anilines is 2. The Morgan fingerprint density at radius 2 is 1.74 bits per heavy atom. The molecule has 2 heterocycles. The summed E-state index contributed by atoms with van der Waals surface area (Å²) in [6.45, 7) is 7.57. The summed E-state index contributed by atoms with van der Waals surface area (Å²) >= 11 is 0. The van der Waals surface area contributed by atoms with Gasteiger partial charge in [0, 0.05) is 42.0 Å². The summed E-state index contributed by atoms with van der Waals surface area (Å²) in [4.78, 5) is 42.1. The second kappa shape index (κ2) is 13.0. The van der Waals surface area contributed by atoms with E-state index in [9.17, 15) is 27.6 Å². The molecule has 0 saturated heterocycles. The Kier molecular flexibility index (Phi) is 9.10. The van der Waals surface area contributed by atoms with Crippen LogP contribution in [-0.2, 0) is 20.5 Å². The minimum absolute atomic E-state index is 0.0281. The van der Waals surface area contributed by atoms with Crippen molar-refractivity contribution in [3.05, 3.63) is 119 Å². The Labute approximate surface area is 263 Å². The number of para-hydroxylation sites is 1. The van der Waals surface area contributed by atoms with Crippen LogP contribution in [0.2, 0.25) is 0 Å². The molecule has 12 heteroatoms. The fraction of sp³-hybridized carbons (Fsp3) is 0.235. The maximum Gasteiger partial charge on any atom is 0.416 e. The van der Waals surface area contributed by atoms with Crippen LogP contribution in [0.1, 0.15) is 45.6 Å². The number of halogens is 3. The molecule has 238 valence electrons. The molecule has 0 unspecified atom stereocenters. The van der Waals surface area contributed by atoms with E-state index in [1.54, 1.807) is 42.8 Å². The van der Waals surface area contributed by atoms with E-state index in [0.717, 1.165) is 18.2 Å². The van der Waals surface area contributed by atoms with Crippen molar-refractivity contribution in [1.82, 2.24) is 15.1 Å². The van der Waals surface area contributed by atoms with Crippen LogP contribution in [0.5, 0.6) is 0 Å². The molecule has 2 N–H and O–H groups in total. The molecule has 4 aromatic rings. The largest absolute Gasteiger partial charge is 0.416 e. The molecule has 3 aromatic carbocycles. The highest BCUT2D eigenvalue weighted by Gasteiger charge is 2.45. The molecule has 0 bridgehead atoms. The van der Waals surface area contributed by atoms with Gasteiger partial charge in [0.15, 0.2) is 0 Å². The van der Waals surface area contributed by atoms with E-state index < -0.39 is 41.4 Å². The maximum atomic E-state index is 14.3. The van der Waals surface area contributed by atoms with Crippen LogP contribution in [0.3, 0.4) is 0 Å². The number of carbonyl (C=O) groups is 3. The lowest BCUT2D eigenvalue weighted by atomic mass is 9.81. The average molecular weight is 632 g/mol. The van der Waals surface area contributed by atoms with E-state index in [1.807, 2.05) is 30.3 Å². The standard InChI is InChI=1S/C34H32F3N5O4/c1-5-41-32-27(21(3)40-42(32)26-15-7-6-8-16-26)28(22-11-10-14-25(18-22)38-30(43)20(2)19-46-4)29(33(41)45)39-31(44)23-12-9-13-24(17-23)34(35,36)37/h6-18,28-29H,2,5,19H2,1,3-4H3,(H,38,43)(H,39,44)/t28-,29+/m0/s1. The highest BCUT2D eigenvalue weighted by molar-refractivity contribution is 6.06. The number of alkyl halides is 3. The van der Waals surface area contributed by atoms with E-state index in [-0.39, 0.29) is 24.3 Å². The van der Waals surface area contributed by atoms with E-state index >= 15 is 0 Å². The van der Waals surface area contributed by atoms with Crippen LogP contribution < -0.4 is 15.5 Å². The Hall–Kier alpha value is -5.23. The second-order valence-corrected chi connectivity index (χ2v) is 10.8. The Balaban J connectivity index is 1.64. The van der Waals surface area contributed by atoms with E-state index in [2.05, 4.69) is 17.2 Å². The number of hydrogen-bond donors (Lipinski definition) is 2. The molecule has 0 fully saturated rings. The lowest BCUT2D eigenvalue weighted by molar-refractivity contribution is -0.137. The van der Waals surface area contributed by atoms with Crippen molar-refractivity contribution in [3.8, 4) is 5.69 Å². The molecule has 1 aromatic heterocycles. The number of aromatic nitrogens is 2. The van der Waals surface area contributed by atoms with Gasteiger partial charge in [0.2, 0.25) is 0 Å². The Morgan fingerprint density at radius 3 is 2.41 bits per heavy atom. The Morgan fingerprint density at radius 1 is 1.02 bits per heavy atom. The number of methoxy groups -OCH3 is 1. The van der Waals surface area contributed by atoms with Gasteiger partial charge in [-0.15, -0.1) is 0 Å². The number of aryl methyl sites for hydroxylation is 1. The van der Waals surface area contributed by atoms with Gasteiger partial charge in [0.1, 0.15) is 11.9 Å². The van der Waals surface area contributed by atoms with Crippen molar-refractivity contribution in [2.45, 2.75) is 32.0 Å². The summed E-state index contributed by atoms with van der Waals surface area (Å²) in [7, 11) is 1.45. The fourth-order valence-electron chi connectivity index (χ4n) is 5.62. The normalized spacial score (nSPS) is 16.1. The summed E-state index contributed by atoms with van der Waals surface area (Å²) in [5.74, 6) is -2.09. The quantitative estimate of drug-likeness (QED) is 0.233. The molecular weight excluding hydrogens is 599 g/mol. The van der Waals surface area contributed by atoms with E-state index in [0.29, 0.717) is 34.0 Å². The zero-order valence-electron chi connectivity index (χ0n) is 25.4. The van der Waals surface area contributed by atoms with Crippen LogP contribution in [0.15, 0.2) is 91.0 Å². The monoisotopic (exact) mass is 631 g/mol. The molecule has 9 nitrogen and oxygen atoms in total. The molecule has 0 radical (unpaired) electrons. The maximum absolute atomic E-state index is 14.3. The summed E-state index contributed by atoms with van der Waals surface area (Å²) in [5.41, 5.74) is 1.87. The first kappa shape index (κ1) is 32.2. The summed E-state index contributed by atoms with van der Waals surface area (Å²) in [5, 5.41) is 10.3. The molecule has 1 aliphatic heterocycles.